The van der Waals surface area contributed by atoms with Crippen LogP contribution in [0.3, 0.4) is 0 Å². The van der Waals surface area contributed by atoms with E-state index < -0.39 is 0 Å². The number of esters is 1. The van der Waals surface area contributed by atoms with Crippen LogP contribution < -0.4 is 0 Å². The summed E-state index contributed by atoms with van der Waals surface area (Å²) in [7, 11) is 1.44. The molecule has 1 heterocycles. The van der Waals surface area contributed by atoms with Crippen molar-refractivity contribution >= 4 is 17.7 Å². The van der Waals surface area contributed by atoms with Gasteiger partial charge in [-0.05, 0) is 25.0 Å². The second kappa shape index (κ2) is 3.65. The maximum absolute atomic E-state index is 11.3. The Morgan fingerprint density at radius 2 is 2.36 bits per heavy atom. The smallest absolute Gasteiger partial charge is 0.319 e. The highest BCUT2D eigenvalue weighted by Crippen LogP contribution is 2.37. The molecular formula is C11H12O2S. The van der Waals surface area contributed by atoms with E-state index in [4.69, 9.17) is 4.74 Å². The van der Waals surface area contributed by atoms with Crippen LogP contribution in [0, 0.1) is 6.92 Å². The van der Waals surface area contributed by atoms with Crippen molar-refractivity contribution in [1.82, 2.24) is 0 Å². The molecule has 0 aliphatic carbocycles. The van der Waals surface area contributed by atoms with Gasteiger partial charge in [-0.25, -0.2) is 0 Å². The molecule has 14 heavy (non-hydrogen) atoms. The van der Waals surface area contributed by atoms with Crippen molar-refractivity contribution in [3.05, 3.63) is 29.3 Å². The number of carbonyl (C=O) groups excluding carboxylic acids is 1. The lowest BCUT2D eigenvalue weighted by Gasteiger charge is -2.03. The van der Waals surface area contributed by atoms with Gasteiger partial charge in [0.1, 0.15) is 5.25 Å². The molecule has 2 rings (SSSR count). The highest BCUT2D eigenvalue weighted by Gasteiger charge is 2.28. The number of hydrogen-bond acceptors (Lipinski definition) is 3. The molecule has 1 aromatic carbocycles. The van der Waals surface area contributed by atoms with Gasteiger partial charge in [0, 0.05) is 4.90 Å². The number of hydrogen-bond donors (Lipinski definition) is 0. The van der Waals surface area contributed by atoms with E-state index in [1.165, 1.54) is 23.1 Å². The zero-order chi connectivity index (χ0) is 10.1. The lowest BCUT2D eigenvalue weighted by Crippen LogP contribution is -2.17. The molecule has 3 heteroatoms. The summed E-state index contributed by atoms with van der Waals surface area (Å²) in [6.45, 7) is 2.07. The minimum Gasteiger partial charge on any atom is -0.468 e. The second-order valence-electron chi connectivity index (χ2n) is 3.44. The fourth-order valence-electron chi connectivity index (χ4n) is 1.64. The molecule has 1 unspecified atom stereocenters. The van der Waals surface area contributed by atoms with Gasteiger partial charge in [-0.2, -0.15) is 0 Å². The highest BCUT2D eigenvalue weighted by atomic mass is 32.2. The molecule has 2 nitrogen and oxygen atoms in total. The quantitative estimate of drug-likeness (QED) is 0.662. The first-order chi connectivity index (χ1) is 6.70. The number of carbonyl (C=O) groups is 1. The highest BCUT2D eigenvalue weighted by molar-refractivity contribution is 8.01. The van der Waals surface area contributed by atoms with Gasteiger partial charge in [-0.3, -0.25) is 4.79 Å². The normalized spacial score (nSPS) is 19.1. The van der Waals surface area contributed by atoms with E-state index in [0.717, 1.165) is 6.42 Å². The summed E-state index contributed by atoms with van der Waals surface area (Å²) in [5, 5.41) is -0.0446. The average Bonchev–Trinajstić information content (AvgIpc) is 2.59. The van der Waals surface area contributed by atoms with Gasteiger partial charge in [0.25, 0.3) is 0 Å². The number of rotatable bonds is 1. The van der Waals surface area contributed by atoms with Gasteiger partial charge in [0.15, 0.2) is 0 Å². The molecule has 0 radical (unpaired) electrons. The van der Waals surface area contributed by atoms with Crippen LogP contribution in [0.15, 0.2) is 23.1 Å². The Morgan fingerprint density at radius 1 is 1.57 bits per heavy atom. The van der Waals surface area contributed by atoms with Gasteiger partial charge in [-0.15, -0.1) is 11.8 Å². The number of benzene rings is 1. The Kier molecular flexibility index (Phi) is 2.50. The van der Waals surface area contributed by atoms with Crippen molar-refractivity contribution in [2.45, 2.75) is 23.5 Å². The van der Waals surface area contributed by atoms with Gasteiger partial charge < -0.3 is 4.74 Å². The van der Waals surface area contributed by atoms with Crippen molar-refractivity contribution in [2.75, 3.05) is 7.11 Å². The maximum Gasteiger partial charge on any atom is 0.319 e. The molecule has 0 bridgehead atoms. The van der Waals surface area contributed by atoms with E-state index in [1.807, 2.05) is 0 Å². The predicted molar refractivity (Wildman–Crippen MR) is 56.5 cm³/mol. The summed E-state index contributed by atoms with van der Waals surface area (Å²) in [5.74, 6) is -0.121. The predicted octanol–water partition coefficient (Wildman–Crippen LogP) is 2.18. The molecule has 0 N–H and O–H groups in total. The summed E-state index contributed by atoms with van der Waals surface area (Å²) in [4.78, 5) is 12.5. The number of fused-ring (bicyclic) bond motifs is 1. The molecule has 0 fully saturated rings. The molecule has 1 aliphatic heterocycles. The van der Waals surface area contributed by atoms with E-state index >= 15 is 0 Å². The van der Waals surface area contributed by atoms with Crippen LogP contribution in [-0.2, 0) is 16.0 Å². The maximum atomic E-state index is 11.3. The lowest BCUT2D eigenvalue weighted by atomic mass is 10.1. The molecule has 74 valence electrons. The standard InChI is InChI=1S/C11H12O2S/c1-7-3-4-9-8(5-7)6-10(14-9)11(12)13-2/h3-5,10H,6H2,1-2H3. The topological polar surface area (TPSA) is 26.3 Å². The van der Waals surface area contributed by atoms with E-state index in [1.54, 1.807) is 11.8 Å². The van der Waals surface area contributed by atoms with Gasteiger partial charge in [0.2, 0.25) is 0 Å². The monoisotopic (exact) mass is 208 g/mol. The Morgan fingerprint density at radius 3 is 3.07 bits per heavy atom. The lowest BCUT2D eigenvalue weighted by molar-refractivity contribution is -0.139. The first-order valence-electron chi connectivity index (χ1n) is 4.54. The summed E-state index contributed by atoms with van der Waals surface area (Å²) >= 11 is 1.60. The van der Waals surface area contributed by atoms with Crippen LogP contribution in [0.1, 0.15) is 11.1 Å². The van der Waals surface area contributed by atoms with Crippen molar-refractivity contribution in [3.63, 3.8) is 0 Å². The third-order valence-corrected chi connectivity index (χ3v) is 3.65. The summed E-state index contributed by atoms with van der Waals surface area (Å²) in [5.41, 5.74) is 2.51. The number of aryl methyl sites for hydroxylation is 1. The van der Waals surface area contributed by atoms with E-state index in [9.17, 15) is 4.79 Å². The van der Waals surface area contributed by atoms with Crippen LogP contribution in [-0.4, -0.2) is 18.3 Å². The molecule has 0 saturated carbocycles. The zero-order valence-electron chi connectivity index (χ0n) is 8.24. The first-order valence-corrected chi connectivity index (χ1v) is 5.42. The fourth-order valence-corrected chi connectivity index (χ4v) is 2.84. The van der Waals surface area contributed by atoms with Crippen molar-refractivity contribution in [3.8, 4) is 0 Å². The van der Waals surface area contributed by atoms with Crippen molar-refractivity contribution < 1.29 is 9.53 Å². The molecular weight excluding hydrogens is 196 g/mol. The molecule has 0 amide bonds. The SMILES string of the molecule is COC(=O)C1Cc2cc(C)ccc2S1. The van der Waals surface area contributed by atoms with E-state index in [2.05, 4.69) is 25.1 Å². The van der Waals surface area contributed by atoms with Crippen LogP contribution >= 0.6 is 11.8 Å². The minimum atomic E-state index is -0.121. The Balaban J connectivity index is 2.22. The molecule has 0 spiro atoms. The Bertz CT molecular complexity index is 374. The number of thioether (sulfide) groups is 1. The zero-order valence-corrected chi connectivity index (χ0v) is 9.06. The third-order valence-electron chi connectivity index (χ3n) is 2.35. The molecule has 0 aromatic heterocycles. The summed E-state index contributed by atoms with van der Waals surface area (Å²) in [6.07, 6.45) is 0.800. The van der Waals surface area contributed by atoms with Gasteiger partial charge >= 0.3 is 5.97 Å². The van der Waals surface area contributed by atoms with Crippen LogP contribution in [0.4, 0.5) is 0 Å². The Labute approximate surface area is 87.6 Å². The van der Waals surface area contributed by atoms with Crippen LogP contribution in [0.5, 0.6) is 0 Å². The fraction of sp³-hybridized carbons (Fsp3) is 0.364. The summed E-state index contributed by atoms with van der Waals surface area (Å²) in [6, 6.07) is 6.30. The minimum absolute atomic E-state index is 0.0446. The Hall–Kier alpha value is -0.960. The molecule has 0 saturated heterocycles. The molecule has 1 atom stereocenters. The van der Waals surface area contributed by atoms with Crippen molar-refractivity contribution in [1.29, 1.82) is 0 Å². The summed E-state index contributed by atoms with van der Waals surface area (Å²) < 4.78 is 4.74. The van der Waals surface area contributed by atoms with E-state index in [0.29, 0.717) is 0 Å². The van der Waals surface area contributed by atoms with Crippen molar-refractivity contribution in [2.24, 2.45) is 0 Å². The number of ether oxygens (including phenoxy) is 1. The molecule has 1 aromatic rings. The largest absolute Gasteiger partial charge is 0.468 e. The van der Waals surface area contributed by atoms with E-state index in [-0.39, 0.29) is 11.2 Å². The van der Waals surface area contributed by atoms with Gasteiger partial charge in [0.05, 0.1) is 7.11 Å². The second-order valence-corrected chi connectivity index (χ2v) is 4.69. The van der Waals surface area contributed by atoms with Crippen LogP contribution in [0.2, 0.25) is 0 Å². The average molecular weight is 208 g/mol. The van der Waals surface area contributed by atoms with Gasteiger partial charge in [-0.1, -0.05) is 17.7 Å². The first kappa shape index (κ1) is 9.59. The third kappa shape index (κ3) is 1.64. The van der Waals surface area contributed by atoms with Crippen LogP contribution in [0.25, 0.3) is 0 Å². The number of methoxy groups -OCH3 is 1. The molecule has 1 aliphatic rings.